The van der Waals surface area contributed by atoms with Crippen molar-refractivity contribution in [2.45, 2.75) is 31.2 Å². The summed E-state index contributed by atoms with van der Waals surface area (Å²) in [7, 11) is -3.89. The van der Waals surface area contributed by atoms with E-state index in [-0.39, 0.29) is 16.7 Å². The van der Waals surface area contributed by atoms with Gasteiger partial charge in [-0.3, -0.25) is 4.79 Å². The highest BCUT2D eigenvalue weighted by Crippen LogP contribution is 2.32. The van der Waals surface area contributed by atoms with Crippen LogP contribution in [0.3, 0.4) is 0 Å². The van der Waals surface area contributed by atoms with Crippen LogP contribution in [0.15, 0.2) is 23.1 Å². The van der Waals surface area contributed by atoms with Crippen molar-refractivity contribution in [2.75, 3.05) is 39.5 Å². The molecule has 0 spiro atoms. The molecule has 2 aliphatic rings. The highest BCUT2D eigenvalue weighted by Gasteiger charge is 2.31. The molecular weight excluding hydrogens is 372 g/mol. The summed E-state index contributed by atoms with van der Waals surface area (Å²) >= 11 is 0. The molecule has 1 aromatic carbocycles. The zero-order valence-electron chi connectivity index (χ0n) is 15.6. The summed E-state index contributed by atoms with van der Waals surface area (Å²) in [6, 6.07) is 3.65. The maximum atomic E-state index is 12.9. The van der Waals surface area contributed by atoms with Crippen LogP contribution in [0, 0.1) is 5.92 Å². The van der Waals surface area contributed by atoms with Crippen LogP contribution in [-0.4, -0.2) is 64.8 Å². The fraction of sp³-hybridized carbons (Fsp3) is 0.611. The van der Waals surface area contributed by atoms with E-state index in [1.807, 2.05) is 13.8 Å². The molecule has 0 bridgehead atoms. The van der Waals surface area contributed by atoms with Crippen molar-refractivity contribution in [3.8, 4) is 11.5 Å². The third kappa shape index (κ3) is 4.91. The average Bonchev–Trinajstić information content (AvgIpc) is 2.66. The Hall–Kier alpha value is -1.84. The summed E-state index contributed by atoms with van der Waals surface area (Å²) in [6.07, 6.45) is 0.417. The fourth-order valence-electron chi connectivity index (χ4n) is 3.12. The van der Waals surface area contributed by atoms with Gasteiger partial charge in [-0.05, 0) is 24.5 Å². The lowest BCUT2D eigenvalue weighted by Crippen LogP contribution is -2.52. The summed E-state index contributed by atoms with van der Waals surface area (Å²) < 4.78 is 44.5. The maximum Gasteiger partial charge on any atom is 0.241 e. The van der Waals surface area contributed by atoms with Gasteiger partial charge in [0.2, 0.25) is 15.9 Å². The molecule has 0 saturated carbocycles. The highest BCUT2D eigenvalue weighted by atomic mass is 32.2. The minimum atomic E-state index is -3.89. The summed E-state index contributed by atoms with van der Waals surface area (Å²) in [4.78, 5) is 14.6. The van der Waals surface area contributed by atoms with Gasteiger partial charge < -0.3 is 19.1 Å². The standard InChI is InChI=1S/C18H26N2O6S/c1-13(2)11-15(18(21)20-5-7-24-8-6-20)19-27(22,23)14-3-4-16-17(12-14)26-10-9-25-16/h3-4,12-13,15,19H,5-11H2,1-2H3/t15-/m1/s1. The van der Waals surface area contributed by atoms with E-state index >= 15 is 0 Å². The Balaban J connectivity index is 1.80. The molecule has 1 atom stereocenters. The van der Waals surface area contributed by atoms with Gasteiger partial charge >= 0.3 is 0 Å². The van der Waals surface area contributed by atoms with Gasteiger partial charge in [-0.2, -0.15) is 4.72 Å². The number of hydrogen-bond acceptors (Lipinski definition) is 6. The molecule has 1 fully saturated rings. The second-order valence-electron chi connectivity index (χ2n) is 7.05. The first-order chi connectivity index (χ1) is 12.9. The molecule has 9 heteroatoms. The van der Waals surface area contributed by atoms with Gasteiger partial charge in [0.15, 0.2) is 11.5 Å². The van der Waals surface area contributed by atoms with E-state index in [9.17, 15) is 13.2 Å². The number of nitrogens with zero attached hydrogens (tertiary/aromatic N) is 1. The fourth-order valence-corrected chi connectivity index (χ4v) is 4.34. The lowest BCUT2D eigenvalue weighted by Gasteiger charge is -2.31. The van der Waals surface area contributed by atoms with Crippen molar-refractivity contribution in [3.05, 3.63) is 18.2 Å². The van der Waals surface area contributed by atoms with Gasteiger partial charge in [-0.1, -0.05) is 13.8 Å². The monoisotopic (exact) mass is 398 g/mol. The molecule has 1 N–H and O–H groups in total. The molecule has 1 aromatic rings. The minimum Gasteiger partial charge on any atom is -0.486 e. The number of morpholine rings is 1. The molecule has 0 unspecified atom stereocenters. The number of rotatable bonds is 6. The smallest absolute Gasteiger partial charge is 0.241 e. The van der Waals surface area contributed by atoms with E-state index in [1.54, 1.807) is 11.0 Å². The van der Waals surface area contributed by atoms with Crippen LogP contribution in [0.4, 0.5) is 0 Å². The summed E-state index contributed by atoms with van der Waals surface area (Å²) in [5.41, 5.74) is 0. The van der Waals surface area contributed by atoms with Crippen LogP contribution in [0.1, 0.15) is 20.3 Å². The van der Waals surface area contributed by atoms with E-state index in [4.69, 9.17) is 14.2 Å². The number of fused-ring (bicyclic) bond motifs is 1. The summed E-state index contributed by atoms with van der Waals surface area (Å²) in [5.74, 6) is 0.850. The van der Waals surface area contributed by atoms with Gasteiger partial charge in [0.1, 0.15) is 19.3 Å². The van der Waals surface area contributed by atoms with Gasteiger partial charge in [0, 0.05) is 19.2 Å². The lowest BCUT2D eigenvalue weighted by molar-refractivity contribution is -0.137. The van der Waals surface area contributed by atoms with Crippen molar-refractivity contribution in [3.63, 3.8) is 0 Å². The van der Waals surface area contributed by atoms with Crippen molar-refractivity contribution in [2.24, 2.45) is 5.92 Å². The molecule has 0 aromatic heterocycles. The summed E-state index contributed by atoms with van der Waals surface area (Å²) in [5, 5.41) is 0. The predicted octanol–water partition coefficient (Wildman–Crippen LogP) is 1.01. The van der Waals surface area contributed by atoms with Crippen molar-refractivity contribution in [1.82, 2.24) is 9.62 Å². The SMILES string of the molecule is CC(C)C[C@@H](NS(=O)(=O)c1ccc2c(c1)OCCO2)C(=O)N1CCOCC1. The van der Waals surface area contributed by atoms with Crippen LogP contribution in [0.5, 0.6) is 11.5 Å². The number of amides is 1. The Labute approximate surface area is 159 Å². The third-order valence-corrected chi connectivity index (χ3v) is 5.92. The quantitative estimate of drug-likeness (QED) is 0.769. The van der Waals surface area contributed by atoms with Crippen LogP contribution in [0.25, 0.3) is 0 Å². The number of benzene rings is 1. The average molecular weight is 398 g/mol. The Bertz CT molecular complexity index is 774. The van der Waals surface area contributed by atoms with Gasteiger partial charge in [-0.25, -0.2) is 8.42 Å². The van der Waals surface area contributed by atoms with E-state index in [2.05, 4.69) is 4.72 Å². The molecule has 150 valence electrons. The molecular formula is C18H26N2O6S. The normalized spacial score (nSPS) is 18.4. The Morgan fingerprint density at radius 1 is 1.11 bits per heavy atom. The zero-order valence-corrected chi connectivity index (χ0v) is 16.5. The van der Waals surface area contributed by atoms with Crippen LogP contribution in [-0.2, 0) is 19.6 Å². The Morgan fingerprint density at radius 3 is 2.44 bits per heavy atom. The Morgan fingerprint density at radius 2 is 1.78 bits per heavy atom. The maximum absolute atomic E-state index is 12.9. The van der Waals surface area contributed by atoms with Gasteiger partial charge in [-0.15, -0.1) is 0 Å². The van der Waals surface area contributed by atoms with Crippen molar-refractivity contribution < 1.29 is 27.4 Å². The van der Waals surface area contributed by atoms with Crippen LogP contribution < -0.4 is 14.2 Å². The molecule has 0 radical (unpaired) electrons. The predicted molar refractivity (Wildman–Crippen MR) is 98.4 cm³/mol. The highest BCUT2D eigenvalue weighted by molar-refractivity contribution is 7.89. The summed E-state index contributed by atoms with van der Waals surface area (Å²) in [6.45, 7) is 6.59. The lowest BCUT2D eigenvalue weighted by atomic mass is 10.0. The number of ether oxygens (including phenoxy) is 3. The molecule has 3 rings (SSSR count). The topological polar surface area (TPSA) is 94.2 Å². The van der Waals surface area contributed by atoms with E-state index in [0.29, 0.717) is 57.4 Å². The third-order valence-electron chi connectivity index (χ3n) is 4.45. The van der Waals surface area contributed by atoms with Crippen molar-refractivity contribution >= 4 is 15.9 Å². The molecule has 2 aliphatic heterocycles. The molecule has 0 aliphatic carbocycles. The first-order valence-corrected chi connectivity index (χ1v) is 10.6. The number of carbonyl (C=O) groups is 1. The van der Waals surface area contributed by atoms with Gasteiger partial charge in [0.05, 0.1) is 18.1 Å². The number of sulfonamides is 1. The minimum absolute atomic E-state index is 0.0512. The molecule has 8 nitrogen and oxygen atoms in total. The van der Waals surface area contributed by atoms with E-state index < -0.39 is 16.1 Å². The van der Waals surface area contributed by atoms with E-state index in [1.165, 1.54) is 12.1 Å². The zero-order chi connectivity index (χ0) is 19.4. The number of hydrogen-bond donors (Lipinski definition) is 1. The number of nitrogens with one attached hydrogen (secondary N) is 1. The molecule has 27 heavy (non-hydrogen) atoms. The second kappa shape index (κ2) is 8.45. The Kier molecular flexibility index (Phi) is 6.23. The second-order valence-corrected chi connectivity index (χ2v) is 8.76. The van der Waals surface area contributed by atoms with Crippen LogP contribution in [0.2, 0.25) is 0 Å². The van der Waals surface area contributed by atoms with Gasteiger partial charge in [0.25, 0.3) is 0 Å². The first kappa shape index (κ1) is 19.9. The molecule has 1 saturated heterocycles. The first-order valence-electron chi connectivity index (χ1n) is 9.15. The largest absolute Gasteiger partial charge is 0.486 e. The number of carbonyl (C=O) groups excluding carboxylic acids is 1. The van der Waals surface area contributed by atoms with Crippen LogP contribution >= 0.6 is 0 Å². The molecule has 2 heterocycles. The molecule has 1 amide bonds. The van der Waals surface area contributed by atoms with Crippen molar-refractivity contribution in [1.29, 1.82) is 0 Å². The van der Waals surface area contributed by atoms with E-state index in [0.717, 1.165) is 0 Å².